The second-order valence-electron chi connectivity index (χ2n) is 2.65. The minimum absolute atomic E-state index is 0.392. The van der Waals surface area contributed by atoms with Crippen molar-refractivity contribution >= 4 is 11.3 Å². The molecule has 0 amide bonds. The molecule has 1 aromatic heterocycles. The number of aliphatic hydroxyl groups excluding tert-OH is 1. The van der Waals surface area contributed by atoms with Crippen LogP contribution in [0, 0.1) is 0 Å². The van der Waals surface area contributed by atoms with Crippen molar-refractivity contribution in [2.75, 3.05) is 0 Å². The van der Waals surface area contributed by atoms with E-state index in [9.17, 15) is 5.11 Å². The number of unbranched alkanes of at least 4 members (excludes halogenated alkanes) is 1. The summed E-state index contributed by atoms with van der Waals surface area (Å²) in [5.41, 5.74) is 2.54. The van der Waals surface area contributed by atoms with E-state index in [0.717, 1.165) is 25.0 Å². The first-order valence-electron chi connectivity index (χ1n) is 4.01. The molecule has 12 heavy (non-hydrogen) atoms. The zero-order valence-corrected chi connectivity index (χ0v) is 7.76. The summed E-state index contributed by atoms with van der Waals surface area (Å²) in [6.45, 7) is 3.63. The minimum Gasteiger partial charge on any atom is -0.387 e. The smallest absolute Gasteiger partial charge is 0.0968 e. The summed E-state index contributed by atoms with van der Waals surface area (Å²) >= 11 is 1.52. The lowest BCUT2D eigenvalue weighted by Gasteiger charge is -2.05. The van der Waals surface area contributed by atoms with Crippen LogP contribution in [-0.4, -0.2) is 10.1 Å². The summed E-state index contributed by atoms with van der Waals surface area (Å²) in [6.07, 6.45) is 4.18. The van der Waals surface area contributed by atoms with Gasteiger partial charge in [0.1, 0.15) is 0 Å². The monoisotopic (exact) mass is 183 g/mol. The van der Waals surface area contributed by atoms with E-state index in [2.05, 4.69) is 11.6 Å². The van der Waals surface area contributed by atoms with Crippen molar-refractivity contribution in [3.63, 3.8) is 0 Å². The highest BCUT2D eigenvalue weighted by Gasteiger charge is 2.07. The summed E-state index contributed by atoms with van der Waals surface area (Å²) in [5, 5.41) is 11.4. The zero-order valence-electron chi connectivity index (χ0n) is 6.94. The molecule has 0 saturated carbocycles. The van der Waals surface area contributed by atoms with Gasteiger partial charge >= 0.3 is 0 Å². The number of allylic oxidation sites excluding steroid dienone is 1. The maximum atomic E-state index is 9.55. The maximum absolute atomic E-state index is 9.55. The highest BCUT2D eigenvalue weighted by Crippen LogP contribution is 2.18. The van der Waals surface area contributed by atoms with Gasteiger partial charge in [-0.3, -0.25) is 0 Å². The average Bonchev–Trinajstić information content (AvgIpc) is 2.56. The Morgan fingerprint density at radius 2 is 2.58 bits per heavy atom. The molecule has 0 aliphatic carbocycles. The lowest BCUT2D eigenvalue weighted by molar-refractivity contribution is 0.161. The summed E-state index contributed by atoms with van der Waals surface area (Å²) in [7, 11) is 0. The van der Waals surface area contributed by atoms with E-state index in [4.69, 9.17) is 0 Å². The van der Waals surface area contributed by atoms with Gasteiger partial charge in [-0.15, -0.1) is 17.9 Å². The highest BCUT2D eigenvalue weighted by molar-refractivity contribution is 7.07. The molecule has 1 aromatic rings. The molecule has 1 rings (SSSR count). The Hall–Kier alpha value is -0.670. The molecular formula is C9H13NOS. The van der Waals surface area contributed by atoms with Gasteiger partial charge in [-0.05, 0) is 19.3 Å². The van der Waals surface area contributed by atoms with Crippen LogP contribution in [0.1, 0.15) is 31.1 Å². The van der Waals surface area contributed by atoms with Crippen molar-refractivity contribution in [2.45, 2.75) is 25.4 Å². The quantitative estimate of drug-likeness (QED) is 0.562. The molecule has 66 valence electrons. The Kier molecular flexibility index (Phi) is 3.97. The molecule has 2 nitrogen and oxygen atoms in total. The third-order valence-corrected chi connectivity index (χ3v) is 2.28. The predicted octanol–water partition coefficient (Wildman–Crippen LogP) is 2.53. The number of hydrogen-bond donors (Lipinski definition) is 1. The van der Waals surface area contributed by atoms with Crippen LogP contribution in [0.5, 0.6) is 0 Å². The van der Waals surface area contributed by atoms with Gasteiger partial charge in [0, 0.05) is 5.38 Å². The Morgan fingerprint density at radius 1 is 1.75 bits per heavy atom. The maximum Gasteiger partial charge on any atom is 0.0968 e. The summed E-state index contributed by atoms with van der Waals surface area (Å²) in [6, 6.07) is 0. The molecule has 0 aliphatic heterocycles. The molecular weight excluding hydrogens is 170 g/mol. The van der Waals surface area contributed by atoms with Crippen molar-refractivity contribution in [1.29, 1.82) is 0 Å². The van der Waals surface area contributed by atoms with Gasteiger partial charge in [0.2, 0.25) is 0 Å². The molecule has 0 bridgehead atoms. The third-order valence-electron chi connectivity index (χ3n) is 1.68. The Bertz CT molecular complexity index is 220. The first-order valence-corrected chi connectivity index (χ1v) is 4.96. The van der Waals surface area contributed by atoms with Gasteiger partial charge in [-0.25, -0.2) is 4.98 Å². The van der Waals surface area contributed by atoms with Gasteiger partial charge in [-0.2, -0.15) is 0 Å². The fourth-order valence-corrected chi connectivity index (χ4v) is 1.59. The first-order chi connectivity index (χ1) is 5.84. The van der Waals surface area contributed by atoms with Crippen LogP contribution in [0.3, 0.4) is 0 Å². The fourth-order valence-electron chi connectivity index (χ4n) is 0.990. The van der Waals surface area contributed by atoms with Crippen LogP contribution < -0.4 is 0 Å². The van der Waals surface area contributed by atoms with Crippen LogP contribution in [0.4, 0.5) is 0 Å². The topological polar surface area (TPSA) is 33.1 Å². The molecule has 0 saturated heterocycles. The molecule has 0 spiro atoms. The zero-order chi connectivity index (χ0) is 8.81. The van der Waals surface area contributed by atoms with E-state index < -0.39 is 6.10 Å². The minimum atomic E-state index is -0.392. The molecule has 1 unspecified atom stereocenters. The Balaban J connectivity index is 2.29. The third kappa shape index (κ3) is 2.75. The number of aliphatic hydroxyl groups is 1. The standard InChI is InChI=1S/C9H13NOS/c1-2-3-4-5-9(11)8-6-12-7-10-8/h2,6-7,9,11H,1,3-5H2. The van der Waals surface area contributed by atoms with E-state index in [1.807, 2.05) is 11.5 Å². The van der Waals surface area contributed by atoms with Crippen LogP contribution in [0.2, 0.25) is 0 Å². The normalized spacial score (nSPS) is 12.8. The van der Waals surface area contributed by atoms with E-state index in [-0.39, 0.29) is 0 Å². The van der Waals surface area contributed by atoms with E-state index in [0.29, 0.717) is 0 Å². The molecule has 3 heteroatoms. The van der Waals surface area contributed by atoms with E-state index >= 15 is 0 Å². The molecule has 1 heterocycles. The van der Waals surface area contributed by atoms with Crippen molar-refractivity contribution < 1.29 is 5.11 Å². The molecule has 0 aliphatic rings. The number of aromatic nitrogens is 1. The van der Waals surface area contributed by atoms with E-state index in [1.165, 1.54) is 11.3 Å². The molecule has 0 fully saturated rings. The molecule has 0 radical (unpaired) electrons. The van der Waals surface area contributed by atoms with Crippen LogP contribution in [0.25, 0.3) is 0 Å². The predicted molar refractivity (Wildman–Crippen MR) is 51.1 cm³/mol. The van der Waals surface area contributed by atoms with E-state index in [1.54, 1.807) is 5.51 Å². The number of hydrogen-bond acceptors (Lipinski definition) is 3. The first kappa shape index (κ1) is 9.42. The lowest BCUT2D eigenvalue weighted by Crippen LogP contribution is -1.96. The van der Waals surface area contributed by atoms with Gasteiger partial charge < -0.3 is 5.11 Å². The highest BCUT2D eigenvalue weighted by atomic mass is 32.1. The van der Waals surface area contributed by atoms with Crippen molar-refractivity contribution in [2.24, 2.45) is 0 Å². The summed E-state index contributed by atoms with van der Waals surface area (Å²) in [4.78, 5) is 4.04. The van der Waals surface area contributed by atoms with Crippen molar-refractivity contribution in [1.82, 2.24) is 4.98 Å². The van der Waals surface area contributed by atoms with Crippen LogP contribution in [0.15, 0.2) is 23.5 Å². The van der Waals surface area contributed by atoms with Gasteiger partial charge in [0.25, 0.3) is 0 Å². The SMILES string of the molecule is C=CCCCC(O)c1cscn1. The lowest BCUT2D eigenvalue weighted by atomic mass is 10.1. The number of thiazole rings is 1. The van der Waals surface area contributed by atoms with Gasteiger partial charge in [0.15, 0.2) is 0 Å². The second-order valence-corrected chi connectivity index (χ2v) is 3.37. The fraction of sp³-hybridized carbons (Fsp3) is 0.444. The van der Waals surface area contributed by atoms with Crippen LogP contribution in [-0.2, 0) is 0 Å². The number of rotatable bonds is 5. The van der Waals surface area contributed by atoms with Gasteiger partial charge in [-0.1, -0.05) is 6.08 Å². The second kappa shape index (κ2) is 5.06. The number of nitrogens with zero attached hydrogens (tertiary/aromatic N) is 1. The largest absolute Gasteiger partial charge is 0.387 e. The Morgan fingerprint density at radius 3 is 3.17 bits per heavy atom. The average molecular weight is 183 g/mol. The van der Waals surface area contributed by atoms with Gasteiger partial charge in [0.05, 0.1) is 17.3 Å². The molecule has 1 atom stereocenters. The van der Waals surface area contributed by atoms with Crippen LogP contribution >= 0.6 is 11.3 Å². The summed E-state index contributed by atoms with van der Waals surface area (Å²) in [5.74, 6) is 0. The van der Waals surface area contributed by atoms with Crippen molar-refractivity contribution in [3.05, 3.63) is 29.2 Å². The summed E-state index contributed by atoms with van der Waals surface area (Å²) < 4.78 is 0. The van der Waals surface area contributed by atoms with Crippen molar-refractivity contribution in [3.8, 4) is 0 Å². The molecule has 1 N–H and O–H groups in total. The molecule has 0 aromatic carbocycles. The Labute approximate surface area is 76.6 Å².